The van der Waals surface area contributed by atoms with Gasteiger partial charge in [-0.25, -0.2) is 0 Å². The lowest BCUT2D eigenvalue weighted by Gasteiger charge is -2.17. The Morgan fingerprint density at radius 2 is 1.94 bits per heavy atom. The van der Waals surface area contributed by atoms with E-state index < -0.39 is 0 Å². The van der Waals surface area contributed by atoms with Gasteiger partial charge in [0.25, 0.3) is 0 Å². The molecule has 2 aromatic heterocycles. The Bertz CT molecular complexity index is 492. The summed E-state index contributed by atoms with van der Waals surface area (Å²) in [6.07, 6.45) is 0. The van der Waals surface area contributed by atoms with Gasteiger partial charge in [0.05, 0.1) is 6.04 Å². The van der Waals surface area contributed by atoms with Gasteiger partial charge in [0, 0.05) is 15.3 Å². The average Bonchev–Trinajstić information content (AvgIpc) is 2.78. The van der Waals surface area contributed by atoms with Gasteiger partial charge in [0.15, 0.2) is 0 Å². The topological polar surface area (TPSA) is 25.2 Å². The highest BCUT2D eigenvalue weighted by molar-refractivity contribution is 7.12. The summed E-state index contributed by atoms with van der Waals surface area (Å²) >= 11 is 1.87. The summed E-state index contributed by atoms with van der Waals surface area (Å²) in [5.74, 6) is 2.00. The molecule has 0 aliphatic heterocycles. The van der Waals surface area contributed by atoms with Gasteiger partial charge in [0.1, 0.15) is 11.5 Å². The third-order valence-corrected chi connectivity index (χ3v) is 4.36. The molecular weight excluding hydrogens is 242 g/mol. The number of hydrogen-bond acceptors (Lipinski definition) is 3. The Morgan fingerprint density at radius 3 is 2.39 bits per heavy atom. The predicted molar refractivity (Wildman–Crippen MR) is 77.5 cm³/mol. The van der Waals surface area contributed by atoms with E-state index in [1.165, 1.54) is 20.9 Å². The first kappa shape index (κ1) is 13.4. The molecule has 0 fully saturated rings. The molecule has 2 rings (SSSR count). The summed E-state index contributed by atoms with van der Waals surface area (Å²) in [5, 5.41) is 3.57. The minimum Gasteiger partial charge on any atom is -0.466 e. The zero-order valence-electron chi connectivity index (χ0n) is 11.8. The van der Waals surface area contributed by atoms with Crippen LogP contribution in [0.3, 0.4) is 0 Å². The Morgan fingerprint density at radius 1 is 1.22 bits per heavy atom. The molecule has 1 atom stereocenters. The normalized spacial score (nSPS) is 12.9. The van der Waals surface area contributed by atoms with Crippen molar-refractivity contribution in [1.82, 2.24) is 5.32 Å². The molecule has 0 radical (unpaired) electrons. The van der Waals surface area contributed by atoms with Crippen LogP contribution < -0.4 is 5.32 Å². The quantitative estimate of drug-likeness (QED) is 0.891. The van der Waals surface area contributed by atoms with Gasteiger partial charge in [-0.15, -0.1) is 11.3 Å². The summed E-state index contributed by atoms with van der Waals surface area (Å²) < 4.78 is 5.67. The minimum absolute atomic E-state index is 0.256. The van der Waals surface area contributed by atoms with Crippen LogP contribution in [0.15, 0.2) is 16.5 Å². The van der Waals surface area contributed by atoms with Crippen molar-refractivity contribution in [3.63, 3.8) is 0 Å². The van der Waals surface area contributed by atoms with E-state index >= 15 is 0 Å². The fourth-order valence-electron chi connectivity index (χ4n) is 2.43. The first-order valence-electron chi connectivity index (χ1n) is 6.40. The maximum Gasteiger partial charge on any atom is 0.106 e. The summed E-state index contributed by atoms with van der Waals surface area (Å²) in [5.41, 5.74) is 2.63. The van der Waals surface area contributed by atoms with Crippen molar-refractivity contribution < 1.29 is 4.42 Å². The Hall–Kier alpha value is -1.06. The SMILES string of the molecule is CCNC(c1cc(C)oc1C)c1sc(C)cc1C. The van der Waals surface area contributed by atoms with Crippen LogP contribution in [-0.2, 0) is 0 Å². The second kappa shape index (κ2) is 5.29. The Balaban J connectivity index is 2.46. The van der Waals surface area contributed by atoms with Gasteiger partial charge in [-0.05, 0) is 51.9 Å². The molecule has 0 bridgehead atoms. The lowest BCUT2D eigenvalue weighted by molar-refractivity contribution is 0.495. The van der Waals surface area contributed by atoms with Gasteiger partial charge in [-0.2, -0.15) is 0 Å². The van der Waals surface area contributed by atoms with Crippen molar-refractivity contribution in [3.05, 3.63) is 44.5 Å². The summed E-state index contributed by atoms with van der Waals surface area (Å²) in [4.78, 5) is 2.77. The summed E-state index contributed by atoms with van der Waals surface area (Å²) in [6.45, 7) is 11.5. The Kier molecular flexibility index (Phi) is 3.93. The van der Waals surface area contributed by atoms with E-state index in [1.54, 1.807) is 0 Å². The van der Waals surface area contributed by atoms with Gasteiger partial charge < -0.3 is 9.73 Å². The highest BCUT2D eigenvalue weighted by Crippen LogP contribution is 2.34. The molecule has 0 aliphatic carbocycles. The molecule has 0 aliphatic rings. The monoisotopic (exact) mass is 263 g/mol. The van der Waals surface area contributed by atoms with Gasteiger partial charge in [-0.3, -0.25) is 0 Å². The molecule has 2 heterocycles. The smallest absolute Gasteiger partial charge is 0.106 e. The zero-order chi connectivity index (χ0) is 13.3. The van der Waals surface area contributed by atoms with Crippen molar-refractivity contribution in [2.45, 2.75) is 40.7 Å². The van der Waals surface area contributed by atoms with Crippen LogP contribution in [-0.4, -0.2) is 6.54 Å². The van der Waals surface area contributed by atoms with E-state index in [1.807, 2.05) is 25.2 Å². The van der Waals surface area contributed by atoms with E-state index in [9.17, 15) is 0 Å². The number of thiophene rings is 1. The molecule has 0 aromatic carbocycles. The highest BCUT2D eigenvalue weighted by Gasteiger charge is 2.21. The van der Waals surface area contributed by atoms with Crippen LogP contribution >= 0.6 is 11.3 Å². The molecule has 2 nitrogen and oxygen atoms in total. The molecule has 0 saturated carbocycles. The van der Waals surface area contributed by atoms with E-state index in [-0.39, 0.29) is 6.04 Å². The lowest BCUT2D eigenvalue weighted by atomic mass is 10.0. The molecular formula is C15H21NOS. The number of nitrogens with one attached hydrogen (secondary N) is 1. The standard InChI is InChI=1S/C15H21NOS/c1-6-16-14(13-8-10(3)17-12(13)5)15-9(2)7-11(4)18-15/h7-8,14,16H,6H2,1-5H3. The van der Waals surface area contributed by atoms with Crippen molar-refractivity contribution in [1.29, 1.82) is 0 Å². The lowest BCUT2D eigenvalue weighted by Crippen LogP contribution is -2.21. The largest absolute Gasteiger partial charge is 0.466 e. The van der Waals surface area contributed by atoms with Crippen LogP contribution in [0.25, 0.3) is 0 Å². The molecule has 0 saturated heterocycles. The molecule has 2 aromatic rings. The van der Waals surface area contributed by atoms with Gasteiger partial charge in [-0.1, -0.05) is 6.92 Å². The van der Waals surface area contributed by atoms with Crippen molar-refractivity contribution in [2.24, 2.45) is 0 Å². The first-order valence-corrected chi connectivity index (χ1v) is 7.21. The zero-order valence-corrected chi connectivity index (χ0v) is 12.6. The minimum atomic E-state index is 0.256. The molecule has 98 valence electrons. The highest BCUT2D eigenvalue weighted by atomic mass is 32.1. The van der Waals surface area contributed by atoms with Crippen LogP contribution in [0.1, 0.15) is 45.4 Å². The van der Waals surface area contributed by atoms with Crippen molar-refractivity contribution in [3.8, 4) is 0 Å². The van der Waals surface area contributed by atoms with Crippen molar-refractivity contribution >= 4 is 11.3 Å². The van der Waals surface area contributed by atoms with Gasteiger partial charge >= 0.3 is 0 Å². The molecule has 3 heteroatoms. The number of hydrogen-bond donors (Lipinski definition) is 1. The van der Waals surface area contributed by atoms with E-state index in [4.69, 9.17) is 4.42 Å². The maximum atomic E-state index is 5.67. The van der Waals surface area contributed by atoms with E-state index in [0.29, 0.717) is 0 Å². The van der Waals surface area contributed by atoms with Gasteiger partial charge in [0.2, 0.25) is 0 Å². The average molecular weight is 263 g/mol. The molecule has 0 spiro atoms. The summed E-state index contributed by atoms with van der Waals surface area (Å²) in [7, 11) is 0. The number of aryl methyl sites for hydroxylation is 4. The number of furan rings is 1. The van der Waals surface area contributed by atoms with Crippen LogP contribution in [0.5, 0.6) is 0 Å². The Labute approximate surface area is 113 Å². The molecule has 0 amide bonds. The maximum absolute atomic E-state index is 5.67. The molecule has 18 heavy (non-hydrogen) atoms. The molecule has 1 N–H and O–H groups in total. The first-order chi connectivity index (χ1) is 8.52. The molecule has 1 unspecified atom stereocenters. The third kappa shape index (κ3) is 2.52. The predicted octanol–water partition coefficient (Wildman–Crippen LogP) is 4.27. The van der Waals surface area contributed by atoms with Crippen LogP contribution in [0.4, 0.5) is 0 Å². The number of rotatable bonds is 4. The third-order valence-electron chi connectivity index (χ3n) is 3.14. The second-order valence-corrected chi connectivity index (χ2v) is 6.05. The fraction of sp³-hybridized carbons (Fsp3) is 0.467. The van der Waals surface area contributed by atoms with Crippen molar-refractivity contribution in [2.75, 3.05) is 6.54 Å². The fourth-order valence-corrected chi connectivity index (χ4v) is 3.56. The second-order valence-electron chi connectivity index (χ2n) is 4.76. The van der Waals surface area contributed by atoms with Crippen LogP contribution in [0, 0.1) is 27.7 Å². The van der Waals surface area contributed by atoms with E-state index in [2.05, 4.69) is 38.2 Å². The van der Waals surface area contributed by atoms with Crippen LogP contribution in [0.2, 0.25) is 0 Å². The summed E-state index contributed by atoms with van der Waals surface area (Å²) in [6, 6.07) is 4.66. The van der Waals surface area contributed by atoms with E-state index in [0.717, 1.165) is 18.1 Å².